The molecule has 1 aromatic rings. The summed E-state index contributed by atoms with van der Waals surface area (Å²) in [6.07, 6.45) is 1.96. The highest BCUT2D eigenvalue weighted by Crippen LogP contribution is 2.19. The molecule has 1 aliphatic rings. The largest absolute Gasteiger partial charge is 0.378 e. The zero-order valence-corrected chi connectivity index (χ0v) is 11.4. The fourth-order valence-corrected chi connectivity index (χ4v) is 2.54. The molecular formula is C15H22N2O2. The number of rotatable bonds is 3. The van der Waals surface area contributed by atoms with E-state index in [1.165, 1.54) is 0 Å². The SMILES string of the molecule is CN(C(=O)C(O)c1ccccc1)C1CCCNCC1. The molecule has 2 atom stereocenters. The highest BCUT2D eigenvalue weighted by Gasteiger charge is 2.26. The predicted molar refractivity (Wildman–Crippen MR) is 74.7 cm³/mol. The van der Waals surface area contributed by atoms with Crippen molar-refractivity contribution >= 4 is 5.91 Å². The van der Waals surface area contributed by atoms with Crippen LogP contribution in [0.25, 0.3) is 0 Å². The molecule has 0 radical (unpaired) electrons. The van der Waals surface area contributed by atoms with E-state index in [0.29, 0.717) is 5.56 Å². The number of hydrogen-bond donors (Lipinski definition) is 2. The standard InChI is InChI=1S/C15H22N2O2/c1-17(13-8-5-10-16-11-9-13)15(19)14(18)12-6-3-2-4-7-12/h2-4,6-7,13-14,16,18H,5,8-11H2,1H3. The highest BCUT2D eigenvalue weighted by atomic mass is 16.3. The molecule has 2 N–H and O–H groups in total. The van der Waals surface area contributed by atoms with Crippen LogP contribution < -0.4 is 5.32 Å². The van der Waals surface area contributed by atoms with Gasteiger partial charge in [-0.2, -0.15) is 0 Å². The molecule has 1 amide bonds. The van der Waals surface area contributed by atoms with Crippen LogP contribution in [0, 0.1) is 0 Å². The van der Waals surface area contributed by atoms with E-state index < -0.39 is 6.10 Å². The molecule has 0 spiro atoms. The van der Waals surface area contributed by atoms with E-state index in [1.54, 1.807) is 24.1 Å². The van der Waals surface area contributed by atoms with Crippen LogP contribution in [-0.2, 0) is 4.79 Å². The molecular weight excluding hydrogens is 240 g/mol. The molecule has 0 aromatic heterocycles. The van der Waals surface area contributed by atoms with Gasteiger partial charge in [0.2, 0.25) is 0 Å². The van der Waals surface area contributed by atoms with Crippen molar-refractivity contribution in [1.29, 1.82) is 0 Å². The van der Waals surface area contributed by atoms with Crippen molar-refractivity contribution < 1.29 is 9.90 Å². The minimum absolute atomic E-state index is 0.210. The zero-order valence-electron chi connectivity index (χ0n) is 11.4. The Kier molecular flexibility index (Phi) is 4.93. The van der Waals surface area contributed by atoms with Gasteiger partial charge in [0, 0.05) is 13.1 Å². The van der Waals surface area contributed by atoms with E-state index in [0.717, 1.165) is 32.4 Å². The average Bonchev–Trinajstić information content (AvgIpc) is 2.75. The first-order valence-electron chi connectivity index (χ1n) is 6.90. The van der Waals surface area contributed by atoms with Crippen LogP contribution in [0.15, 0.2) is 30.3 Å². The first-order chi connectivity index (χ1) is 9.20. The Morgan fingerprint density at radius 2 is 2.05 bits per heavy atom. The second-order valence-corrected chi connectivity index (χ2v) is 5.10. The molecule has 19 heavy (non-hydrogen) atoms. The lowest BCUT2D eigenvalue weighted by Crippen LogP contribution is -2.40. The molecule has 1 aromatic carbocycles. The third kappa shape index (κ3) is 3.55. The van der Waals surface area contributed by atoms with E-state index in [9.17, 15) is 9.90 Å². The van der Waals surface area contributed by atoms with Gasteiger partial charge < -0.3 is 15.3 Å². The fourth-order valence-electron chi connectivity index (χ4n) is 2.54. The van der Waals surface area contributed by atoms with Gasteiger partial charge in [0.25, 0.3) is 5.91 Å². The Balaban J connectivity index is 2.01. The van der Waals surface area contributed by atoms with Crippen LogP contribution in [0.4, 0.5) is 0 Å². The quantitative estimate of drug-likeness (QED) is 0.864. The lowest BCUT2D eigenvalue weighted by Gasteiger charge is -2.29. The van der Waals surface area contributed by atoms with Crippen molar-refractivity contribution in [3.05, 3.63) is 35.9 Å². The molecule has 1 saturated heterocycles. The third-order valence-electron chi connectivity index (χ3n) is 3.79. The summed E-state index contributed by atoms with van der Waals surface area (Å²) in [5.41, 5.74) is 0.658. The second kappa shape index (κ2) is 6.68. The summed E-state index contributed by atoms with van der Waals surface area (Å²) in [6.45, 7) is 1.95. The molecule has 0 saturated carbocycles. The van der Waals surface area contributed by atoms with E-state index in [-0.39, 0.29) is 11.9 Å². The Hall–Kier alpha value is -1.39. The summed E-state index contributed by atoms with van der Waals surface area (Å²) in [5, 5.41) is 13.5. The molecule has 1 aliphatic heterocycles. The van der Waals surface area contributed by atoms with Crippen LogP contribution in [0.5, 0.6) is 0 Å². The Labute approximate surface area is 114 Å². The van der Waals surface area contributed by atoms with Gasteiger partial charge in [-0.05, 0) is 37.9 Å². The van der Waals surface area contributed by atoms with Gasteiger partial charge >= 0.3 is 0 Å². The normalized spacial score (nSPS) is 21.5. The van der Waals surface area contributed by atoms with E-state index in [4.69, 9.17) is 0 Å². The number of hydrogen-bond acceptors (Lipinski definition) is 3. The molecule has 1 fully saturated rings. The Bertz CT molecular complexity index is 400. The van der Waals surface area contributed by atoms with Crippen LogP contribution >= 0.6 is 0 Å². The van der Waals surface area contributed by atoms with Gasteiger partial charge in [0.15, 0.2) is 6.10 Å². The highest BCUT2D eigenvalue weighted by molar-refractivity contribution is 5.82. The summed E-state index contributed by atoms with van der Waals surface area (Å²) in [6, 6.07) is 9.33. The van der Waals surface area contributed by atoms with Crippen LogP contribution in [0.2, 0.25) is 0 Å². The summed E-state index contributed by atoms with van der Waals surface area (Å²) in [5.74, 6) is -0.210. The first-order valence-corrected chi connectivity index (χ1v) is 6.90. The molecule has 4 nitrogen and oxygen atoms in total. The maximum atomic E-state index is 12.3. The zero-order chi connectivity index (χ0) is 13.7. The summed E-state index contributed by atoms with van der Waals surface area (Å²) < 4.78 is 0. The van der Waals surface area contributed by atoms with Crippen molar-refractivity contribution in [2.45, 2.75) is 31.4 Å². The Morgan fingerprint density at radius 1 is 1.32 bits per heavy atom. The van der Waals surface area contributed by atoms with Crippen LogP contribution in [-0.4, -0.2) is 42.1 Å². The lowest BCUT2D eigenvalue weighted by atomic mass is 10.0. The summed E-state index contributed by atoms with van der Waals surface area (Å²) in [7, 11) is 1.80. The van der Waals surface area contributed by atoms with Gasteiger partial charge in [-0.15, -0.1) is 0 Å². The number of nitrogens with zero attached hydrogens (tertiary/aromatic N) is 1. The minimum atomic E-state index is -1.05. The number of aliphatic hydroxyl groups is 1. The van der Waals surface area contributed by atoms with Crippen LogP contribution in [0.3, 0.4) is 0 Å². The van der Waals surface area contributed by atoms with Crippen molar-refractivity contribution in [3.63, 3.8) is 0 Å². The van der Waals surface area contributed by atoms with Gasteiger partial charge in [-0.3, -0.25) is 4.79 Å². The number of nitrogens with one attached hydrogen (secondary N) is 1. The minimum Gasteiger partial charge on any atom is -0.378 e. The molecule has 1 heterocycles. The molecule has 0 aliphatic carbocycles. The molecule has 2 unspecified atom stereocenters. The van der Waals surface area contributed by atoms with Crippen molar-refractivity contribution in [3.8, 4) is 0 Å². The van der Waals surface area contributed by atoms with E-state index in [2.05, 4.69) is 5.32 Å². The molecule has 4 heteroatoms. The number of aliphatic hydroxyl groups excluding tert-OH is 1. The van der Waals surface area contributed by atoms with Crippen molar-refractivity contribution in [2.75, 3.05) is 20.1 Å². The summed E-state index contributed by atoms with van der Waals surface area (Å²) in [4.78, 5) is 14.0. The summed E-state index contributed by atoms with van der Waals surface area (Å²) >= 11 is 0. The fraction of sp³-hybridized carbons (Fsp3) is 0.533. The number of carbonyl (C=O) groups is 1. The van der Waals surface area contributed by atoms with E-state index >= 15 is 0 Å². The van der Waals surface area contributed by atoms with Gasteiger partial charge in [-0.25, -0.2) is 0 Å². The van der Waals surface area contributed by atoms with Gasteiger partial charge in [0.05, 0.1) is 0 Å². The molecule has 2 rings (SSSR count). The van der Waals surface area contributed by atoms with Gasteiger partial charge in [-0.1, -0.05) is 30.3 Å². The monoisotopic (exact) mass is 262 g/mol. The topological polar surface area (TPSA) is 52.6 Å². The third-order valence-corrected chi connectivity index (χ3v) is 3.79. The predicted octanol–water partition coefficient (Wildman–Crippen LogP) is 1.32. The number of carbonyl (C=O) groups excluding carboxylic acids is 1. The number of likely N-dealkylation sites (N-methyl/N-ethyl adjacent to an activating group) is 1. The van der Waals surface area contributed by atoms with Crippen molar-refractivity contribution in [1.82, 2.24) is 10.2 Å². The maximum Gasteiger partial charge on any atom is 0.256 e. The van der Waals surface area contributed by atoms with Gasteiger partial charge in [0.1, 0.15) is 0 Å². The van der Waals surface area contributed by atoms with Crippen molar-refractivity contribution in [2.24, 2.45) is 0 Å². The lowest BCUT2D eigenvalue weighted by molar-refractivity contribution is -0.141. The number of amides is 1. The van der Waals surface area contributed by atoms with Crippen LogP contribution in [0.1, 0.15) is 30.9 Å². The average molecular weight is 262 g/mol. The maximum absolute atomic E-state index is 12.3. The Morgan fingerprint density at radius 3 is 2.79 bits per heavy atom. The number of benzene rings is 1. The molecule has 0 bridgehead atoms. The van der Waals surface area contributed by atoms with E-state index in [1.807, 2.05) is 18.2 Å². The first kappa shape index (κ1) is 14.0. The second-order valence-electron chi connectivity index (χ2n) is 5.10. The molecule has 104 valence electrons. The smallest absolute Gasteiger partial charge is 0.256 e.